The number of nitriles is 1. The number of hydrogen-bond donors (Lipinski definition) is 1. The van der Waals surface area contributed by atoms with Gasteiger partial charge < -0.3 is 4.74 Å². The zero-order valence-electron chi connectivity index (χ0n) is 11.7. The van der Waals surface area contributed by atoms with Crippen LogP contribution in [0.15, 0.2) is 45.3 Å². The number of ether oxygens (including phenoxy) is 1. The van der Waals surface area contributed by atoms with Crippen LogP contribution in [-0.4, -0.2) is 18.2 Å². The maximum absolute atomic E-state index is 11.7. The number of para-hydroxylation sites is 1. The summed E-state index contributed by atoms with van der Waals surface area (Å²) in [4.78, 5) is 12.7. The maximum Gasteiger partial charge on any atom is 0.277 e. The van der Waals surface area contributed by atoms with Gasteiger partial charge in [-0.15, -0.1) is 11.3 Å². The second kappa shape index (κ2) is 7.73. The van der Waals surface area contributed by atoms with Gasteiger partial charge in [0, 0.05) is 0 Å². The van der Waals surface area contributed by atoms with E-state index < -0.39 is 0 Å². The number of rotatable bonds is 5. The molecule has 1 N–H and O–H groups in total. The smallest absolute Gasteiger partial charge is 0.277 e. The summed E-state index contributed by atoms with van der Waals surface area (Å²) in [6, 6.07) is 12.6. The van der Waals surface area contributed by atoms with E-state index in [0.29, 0.717) is 17.0 Å². The lowest BCUT2D eigenvalue weighted by Gasteiger charge is -2.06. The fraction of sp³-hybridized carbons (Fsp3) is 0.133. The SMILES string of the molecule is C/C(=N/NC(=O)COc1ccccc1C#N)c1ccc(Br)s1. The highest BCUT2D eigenvalue weighted by Crippen LogP contribution is 2.22. The van der Waals surface area contributed by atoms with Crippen LogP contribution in [0.3, 0.4) is 0 Å². The van der Waals surface area contributed by atoms with Crippen LogP contribution in [-0.2, 0) is 4.79 Å². The minimum atomic E-state index is -0.386. The lowest BCUT2D eigenvalue weighted by Crippen LogP contribution is -2.25. The van der Waals surface area contributed by atoms with E-state index in [-0.39, 0.29) is 12.5 Å². The average Bonchev–Trinajstić information content (AvgIpc) is 2.97. The van der Waals surface area contributed by atoms with Crippen molar-refractivity contribution in [3.8, 4) is 11.8 Å². The van der Waals surface area contributed by atoms with Gasteiger partial charge in [0.2, 0.25) is 0 Å². The van der Waals surface area contributed by atoms with Gasteiger partial charge in [0.25, 0.3) is 5.91 Å². The predicted octanol–water partition coefficient (Wildman–Crippen LogP) is 3.30. The molecule has 0 aliphatic heterocycles. The largest absolute Gasteiger partial charge is 0.482 e. The highest BCUT2D eigenvalue weighted by Gasteiger charge is 2.06. The highest BCUT2D eigenvalue weighted by atomic mass is 79.9. The number of thiophene rings is 1. The summed E-state index contributed by atoms with van der Waals surface area (Å²) in [5, 5.41) is 13.0. The van der Waals surface area contributed by atoms with Crippen LogP contribution in [0.25, 0.3) is 0 Å². The lowest BCUT2D eigenvalue weighted by atomic mass is 10.2. The zero-order chi connectivity index (χ0) is 15.9. The third-order valence-corrected chi connectivity index (χ3v) is 4.38. The number of hydrazone groups is 1. The fourth-order valence-electron chi connectivity index (χ4n) is 1.57. The average molecular weight is 378 g/mol. The van der Waals surface area contributed by atoms with E-state index in [1.165, 1.54) is 11.3 Å². The van der Waals surface area contributed by atoms with Crippen molar-refractivity contribution in [2.45, 2.75) is 6.92 Å². The van der Waals surface area contributed by atoms with Crippen LogP contribution in [0.5, 0.6) is 5.75 Å². The molecule has 0 radical (unpaired) electrons. The van der Waals surface area contributed by atoms with Crippen molar-refractivity contribution < 1.29 is 9.53 Å². The Bertz CT molecular complexity index is 749. The Labute approximate surface area is 140 Å². The van der Waals surface area contributed by atoms with Gasteiger partial charge in [0.05, 0.1) is 19.9 Å². The molecule has 1 aromatic heterocycles. The van der Waals surface area contributed by atoms with Crippen molar-refractivity contribution in [2.24, 2.45) is 5.10 Å². The first kappa shape index (κ1) is 16.2. The van der Waals surface area contributed by atoms with E-state index in [9.17, 15) is 4.79 Å². The molecule has 2 aromatic rings. The molecule has 0 saturated heterocycles. The van der Waals surface area contributed by atoms with Gasteiger partial charge in [0.1, 0.15) is 11.8 Å². The number of benzene rings is 1. The molecule has 1 heterocycles. The van der Waals surface area contributed by atoms with E-state index in [1.807, 2.05) is 25.1 Å². The van der Waals surface area contributed by atoms with Gasteiger partial charge in [0.15, 0.2) is 6.61 Å². The molecule has 0 atom stereocenters. The first-order chi connectivity index (χ1) is 10.6. The van der Waals surface area contributed by atoms with Gasteiger partial charge in [-0.3, -0.25) is 4.79 Å². The molecule has 0 unspecified atom stereocenters. The molecule has 0 aliphatic carbocycles. The van der Waals surface area contributed by atoms with Crippen molar-refractivity contribution in [2.75, 3.05) is 6.61 Å². The molecule has 0 bridgehead atoms. The van der Waals surface area contributed by atoms with Crippen LogP contribution in [0.1, 0.15) is 17.4 Å². The number of nitrogens with zero attached hydrogens (tertiary/aromatic N) is 2. The second-order valence-electron chi connectivity index (χ2n) is 4.23. The number of hydrogen-bond acceptors (Lipinski definition) is 5. The van der Waals surface area contributed by atoms with Crippen molar-refractivity contribution in [3.63, 3.8) is 0 Å². The summed E-state index contributed by atoms with van der Waals surface area (Å²) in [6.07, 6.45) is 0. The number of nitrogens with one attached hydrogen (secondary N) is 1. The highest BCUT2D eigenvalue weighted by molar-refractivity contribution is 9.11. The van der Waals surface area contributed by atoms with E-state index in [1.54, 1.807) is 24.3 Å². The maximum atomic E-state index is 11.7. The van der Waals surface area contributed by atoms with Crippen LogP contribution in [0.2, 0.25) is 0 Å². The standard InChI is InChI=1S/C15H12BrN3O2S/c1-10(13-6-7-14(16)22-13)18-19-15(20)9-21-12-5-3-2-4-11(12)8-17/h2-7H,9H2,1H3,(H,19,20)/b18-10-. The van der Waals surface area contributed by atoms with Crippen molar-refractivity contribution >= 4 is 38.9 Å². The molecule has 112 valence electrons. The molecule has 5 nitrogen and oxygen atoms in total. The summed E-state index contributed by atoms with van der Waals surface area (Å²) in [7, 11) is 0. The van der Waals surface area contributed by atoms with E-state index >= 15 is 0 Å². The fourth-order valence-corrected chi connectivity index (χ4v) is 2.90. The molecule has 0 saturated carbocycles. The first-order valence-corrected chi connectivity index (χ1v) is 7.92. The Kier molecular flexibility index (Phi) is 5.69. The molecular formula is C15H12BrN3O2S. The topological polar surface area (TPSA) is 74.5 Å². The van der Waals surface area contributed by atoms with E-state index in [4.69, 9.17) is 10.00 Å². The van der Waals surface area contributed by atoms with Gasteiger partial charge in [-0.05, 0) is 47.1 Å². The Morgan fingerprint density at radius 2 is 2.18 bits per heavy atom. The van der Waals surface area contributed by atoms with Crippen LogP contribution < -0.4 is 10.2 Å². The minimum absolute atomic E-state index is 0.205. The summed E-state index contributed by atoms with van der Waals surface area (Å²) in [5.41, 5.74) is 3.53. The van der Waals surface area contributed by atoms with Crippen LogP contribution in [0.4, 0.5) is 0 Å². The third-order valence-electron chi connectivity index (χ3n) is 2.64. The van der Waals surface area contributed by atoms with Crippen molar-refractivity contribution in [3.05, 3.63) is 50.6 Å². The molecule has 7 heteroatoms. The van der Waals surface area contributed by atoms with E-state index in [0.717, 1.165) is 8.66 Å². The summed E-state index contributed by atoms with van der Waals surface area (Å²) >= 11 is 4.90. The number of carbonyl (C=O) groups is 1. The first-order valence-electron chi connectivity index (χ1n) is 6.31. The molecule has 1 amide bonds. The monoisotopic (exact) mass is 377 g/mol. The quantitative estimate of drug-likeness (QED) is 0.641. The Balaban J connectivity index is 1.90. The summed E-state index contributed by atoms with van der Waals surface area (Å²) in [5.74, 6) is -0.00856. The number of halogens is 1. The van der Waals surface area contributed by atoms with Crippen molar-refractivity contribution in [1.82, 2.24) is 5.43 Å². The molecule has 1 aromatic carbocycles. The second-order valence-corrected chi connectivity index (χ2v) is 6.70. The van der Waals surface area contributed by atoms with Crippen LogP contribution in [0, 0.1) is 11.3 Å². The van der Waals surface area contributed by atoms with Crippen molar-refractivity contribution in [1.29, 1.82) is 5.26 Å². The lowest BCUT2D eigenvalue weighted by molar-refractivity contribution is -0.123. The summed E-state index contributed by atoms with van der Waals surface area (Å²) < 4.78 is 6.32. The molecular weight excluding hydrogens is 366 g/mol. The van der Waals surface area contributed by atoms with Gasteiger partial charge in [-0.25, -0.2) is 5.43 Å². The Morgan fingerprint density at radius 1 is 1.41 bits per heavy atom. The molecule has 0 spiro atoms. The number of carbonyl (C=O) groups excluding carboxylic acids is 1. The molecule has 0 aliphatic rings. The van der Waals surface area contributed by atoms with Gasteiger partial charge in [-0.1, -0.05) is 12.1 Å². The van der Waals surface area contributed by atoms with Crippen LogP contribution >= 0.6 is 27.3 Å². The molecule has 2 rings (SSSR count). The Morgan fingerprint density at radius 3 is 2.86 bits per heavy atom. The molecule has 22 heavy (non-hydrogen) atoms. The molecule has 0 fully saturated rings. The third kappa shape index (κ3) is 4.41. The van der Waals surface area contributed by atoms with E-state index in [2.05, 4.69) is 26.5 Å². The number of amides is 1. The van der Waals surface area contributed by atoms with Gasteiger partial charge in [-0.2, -0.15) is 10.4 Å². The Hall–Kier alpha value is -2.17. The zero-order valence-corrected chi connectivity index (χ0v) is 14.1. The summed E-state index contributed by atoms with van der Waals surface area (Å²) in [6.45, 7) is 1.61. The predicted molar refractivity (Wildman–Crippen MR) is 89.0 cm³/mol. The van der Waals surface area contributed by atoms with Gasteiger partial charge >= 0.3 is 0 Å². The normalized spacial score (nSPS) is 10.9. The minimum Gasteiger partial charge on any atom is -0.482 e.